The number of nitrogens with one attached hydrogen (secondary N) is 1. The van der Waals surface area contributed by atoms with Gasteiger partial charge < -0.3 is 15.2 Å². The Morgan fingerprint density at radius 1 is 0.944 bits per heavy atom. The van der Waals surface area contributed by atoms with Crippen molar-refractivity contribution in [2.24, 2.45) is 0 Å². The van der Waals surface area contributed by atoms with Gasteiger partial charge in [-0.05, 0) is 104 Å². The van der Waals surface area contributed by atoms with Crippen LogP contribution in [-0.4, -0.2) is 17.0 Å². The Balaban J connectivity index is 1.74. The number of benzene rings is 3. The van der Waals surface area contributed by atoms with Gasteiger partial charge in [-0.3, -0.25) is 9.59 Å². The molecule has 3 aromatic rings. The van der Waals surface area contributed by atoms with Crippen LogP contribution in [0.2, 0.25) is 0 Å². The minimum absolute atomic E-state index is 0.0535. The summed E-state index contributed by atoms with van der Waals surface area (Å²) in [4.78, 5) is 23.6. The fourth-order valence-electron chi connectivity index (χ4n) is 3.93. The molecular formula is C28H28F3NO4. The van der Waals surface area contributed by atoms with Gasteiger partial charge in [-0.15, -0.1) is 0 Å². The van der Waals surface area contributed by atoms with E-state index in [1.54, 1.807) is 19.1 Å². The minimum atomic E-state index is -4.47. The van der Waals surface area contributed by atoms with Crippen molar-refractivity contribution in [1.82, 2.24) is 5.32 Å². The van der Waals surface area contributed by atoms with Gasteiger partial charge in [0.1, 0.15) is 11.5 Å². The van der Waals surface area contributed by atoms with Crippen molar-refractivity contribution in [3.8, 4) is 11.5 Å². The molecule has 0 radical (unpaired) electrons. The maximum atomic E-state index is 12.9. The lowest BCUT2D eigenvalue weighted by Gasteiger charge is -2.18. The van der Waals surface area contributed by atoms with Gasteiger partial charge in [-0.2, -0.15) is 13.2 Å². The average Bonchev–Trinajstić information content (AvgIpc) is 2.77. The number of carboxylic acid groups (broad SMARTS) is 1. The van der Waals surface area contributed by atoms with E-state index in [0.717, 1.165) is 34.4 Å². The van der Waals surface area contributed by atoms with E-state index in [9.17, 15) is 22.8 Å². The van der Waals surface area contributed by atoms with Gasteiger partial charge in [0.2, 0.25) is 0 Å². The molecule has 0 aliphatic rings. The Morgan fingerprint density at radius 3 is 2.28 bits per heavy atom. The summed E-state index contributed by atoms with van der Waals surface area (Å²) in [5.74, 6) is -0.156. The van der Waals surface area contributed by atoms with Crippen molar-refractivity contribution < 1.29 is 32.6 Å². The van der Waals surface area contributed by atoms with Gasteiger partial charge in [0, 0.05) is 12.0 Å². The molecule has 36 heavy (non-hydrogen) atoms. The molecule has 190 valence electrons. The lowest BCUT2D eigenvalue weighted by Crippen LogP contribution is -2.27. The number of carbonyl (C=O) groups is 2. The third kappa shape index (κ3) is 6.87. The smallest absolute Gasteiger partial charge is 0.416 e. The number of carbonyl (C=O) groups excluding carboxylic acids is 1. The molecule has 0 aromatic heterocycles. The second-order valence-corrected chi connectivity index (χ2v) is 8.89. The van der Waals surface area contributed by atoms with E-state index in [-0.39, 0.29) is 17.5 Å². The summed E-state index contributed by atoms with van der Waals surface area (Å²) in [5, 5.41) is 11.7. The van der Waals surface area contributed by atoms with Crippen LogP contribution < -0.4 is 10.1 Å². The largest absolute Gasteiger partial charge is 0.481 e. The van der Waals surface area contributed by atoms with E-state index >= 15 is 0 Å². The molecule has 8 heteroatoms. The normalized spacial score (nSPS) is 12.2. The topological polar surface area (TPSA) is 75.6 Å². The predicted molar refractivity (Wildman–Crippen MR) is 130 cm³/mol. The van der Waals surface area contributed by atoms with Crippen molar-refractivity contribution in [2.45, 2.75) is 52.8 Å². The molecule has 0 fully saturated rings. The molecule has 0 unspecified atom stereocenters. The summed E-state index contributed by atoms with van der Waals surface area (Å²) in [6.45, 7) is 7.05. The summed E-state index contributed by atoms with van der Waals surface area (Å²) in [7, 11) is 0. The molecule has 0 aliphatic heterocycles. The molecular weight excluding hydrogens is 471 g/mol. The number of aryl methyl sites for hydroxylation is 4. The Bertz CT molecular complexity index is 1280. The first-order valence-corrected chi connectivity index (χ1v) is 11.4. The van der Waals surface area contributed by atoms with E-state index in [4.69, 9.17) is 9.84 Å². The van der Waals surface area contributed by atoms with E-state index < -0.39 is 29.7 Å². The minimum Gasteiger partial charge on any atom is -0.481 e. The highest BCUT2D eigenvalue weighted by Gasteiger charge is 2.31. The molecule has 0 saturated heterocycles. The summed E-state index contributed by atoms with van der Waals surface area (Å²) < 4.78 is 44.8. The number of rotatable bonds is 8. The Morgan fingerprint density at radius 2 is 1.67 bits per heavy atom. The van der Waals surface area contributed by atoms with E-state index in [2.05, 4.69) is 5.32 Å². The van der Waals surface area contributed by atoms with E-state index in [0.29, 0.717) is 17.9 Å². The number of ether oxygens (including phenoxy) is 1. The SMILES string of the molecule is Cc1cc(Oc2ccc(CCC(=O)O)c(C)c2)cc([C@@H](C)NC(=O)c2ccc(C(F)(F)F)cc2C)c1. The van der Waals surface area contributed by atoms with Crippen molar-refractivity contribution in [2.75, 3.05) is 0 Å². The van der Waals surface area contributed by atoms with Gasteiger partial charge in [0.05, 0.1) is 11.6 Å². The van der Waals surface area contributed by atoms with Gasteiger partial charge >= 0.3 is 12.1 Å². The highest BCUT2D eigenvalue weighted by Crippen LogP contribution is 2.31. The summed E-state index contributed by atoms with van der Waals surface area (Å²) in [5.41, 5.74) is 3.16. The maximum absolute atomic E-state index is 12.9. The van der Waals surface area contributed by atoms with Crippen LogP contribution in [0.15, 0.2) is 54.6 Å². The van der Waals surface area contributed by atoms with Crippen LogP contribution >= 0.6 is 0 Å². The molecule has 5 nitrogen and oxygen atoms in total. The Hall–Kier alpha value is -3.81. The molecule has 3 aromatic carbocycles. The van der Waals surface area contributed by atoms with Gasteiger partial charge in [0.25, 0.3) is 5.91 Å². The van der Waals surface area contributed by atoms with Gasteiger partial charge in [0.15, 0.2) is 0 Å². The van der Waals surface area contributed by atoms with Crippen LogP contribution in [0.5, 0.6) is 11.5 Å². The highest BCUT2D eigenvalue weighted by atomic mass is 19.4. The van der Waals surface area contributed by atoms with Crippen molar-refractivity contribution >= 4 is 11.9 Å². The highest BCUT2D eigenvalue weighted by molar-refractivity contribution is 5.96. The number of halogens is 3. The molecule has 0 heterocycles. The number of aliphatic carboxylic acids is 1. The Labute approximate surface area is 207 Å². The fourth-order valence-corrected chi connectivity index (χ4v) is 3.93. The quantitative estimate of drug-likeness (QED) is 0.352. The third-order valence-corrected chi connectivity index (χ3v) is 5.88. The van der Waals surface area contributed by atoms with E-state index in [1.165, 1.54) is 13.0 Å². The summed E-state index contributed by atoms with van der Waals surface area (Å²) in [6, 6.07) is 13.7. The lowest BCUT2D eigenvalue weighted by molar-refractivity contribution is -0.138. The van der Waals surface area contributed by atoms with Crippen LogP contribution in [0.4, 0.5) is 13.2 Å². The van der Waals surface area contributed by atoms with Crippen LogP contribution in [0.25, 0.3) is 0 Å². The van der Waals surface area contributed by atoms with Crippen LogP contribution in [0, 0.1) is 20.8 Å². The number of hydrogen-bond donors (Lipinski definition) is 2. The monoisotopic (exact) mass is 499 g/mol. The first kappa shape index (κ1) is 26.8. The van der Waals surface area contributed by atoms with Crippen LogP contribution in [0.1, 0.15) is 63.1 Å². The average molecular weight is 500 g/mol. The second kappa shape index (κ2) is 10.8. The zero-order chi connectivity index (χ0) is 26.6. The molecule has 1 atom stereocenters. The van der Waals surface area contributed by atoms with E-state index in [1.807, 2.05) is 38.1 Å². The van der Waals surface area contributed by atoms with Gasteiger partial charge in [-0.1, -0.05) is 12.1 Å². The zero-order valence-corrected chi connectivity index (χ0v) is 20.5. The number of amides is 1. The third-order valence-electron chi connectivity index (χ3n) is 5.88. The van der Waals surface area contributed by atoms with Crippen LogP contribution in [-0.2, 0) is 17.4 Å². The number of carboxylic acids is 1. The molecule has 0 spiro atoms. The summed E-state index contributed by atoms with van der Waals surface area (Å²) >= 11 is 0. The van der Waals surface area contributed by atoms with Crippen molar-refractivity contribution in [3.63, 3.8) is 0 Å². The second-order valence-electron chi connectivity index (χ2n) is 8.89. The molecule has 0 saturated carbocycles. The van der Waals surface area contributed by atoms with Gasteiger partial charge in [-0.25, -0.2) is 0 Å². The first-order valence-electron chi connectivity index (χ1n) is 11.4. The molecule has 3 rings (SSSR count). The predicted octanol–water partition coefficient (Wildman–Crippen LogP) is 6.93. The maximum Gasteiger partial charge on any atom is 0.416 e. The molecule has 2 N–H and O–H groups in total. The standard InChI is InChI=1S/C28H28F3NO4/c1-16-11-21(19(4)32-27(35)25-9-7-22(13-18(25)3)28(29,30)31)15-24(12-16)36-23-8-5-20(17(2)14-23)6-10-26(33)34/h5,7-9,11-15,19H,6,10H2,1-4H3,(H,32,35)(H,33,34)/t19-/m1/s1. The summed E-state index contributed by atoms with van der Waals surface area (Å²) in [6.07, 6.45) is -3.98. The lowest BCUT2D eigenvalue weighted by atomic mass is 10.0. The molecule has 0 aliphatic carbocycles. The van der Waals surface area contributed by atoms with Crippen molar-refractivity contribution in [1.29, 1.82) is 0 Å². The molecule has 0 bridgehead atoms. The molecule has 1 amide bonds. The Kier molecular flexibility index (Phi) is 8.07. The van der Waals surface area contributed by atoms with Crippen molar-refractivity contribution in [3.05, 3.63) is 93.5 Å². The fraction of sp³-hybridized carbons (Fsp3) is 0.286. The number of hydrogen-bond acceptors (Lipinski definition) is 3. The zero-order valence-electron chi connectivity index (χ0n) is 20.5. The number of alkyl halides is 3. The first-order chi connectivity index (χ1) is 16.8. The van der Waals surface area contributed by atoms with Crippen LogP contribution in [0.3, 0.4) is 0 Å².